The van der Waals surface area contributed by atoms with Gasteiger partial charge in [-0.25, -0.2) is 0 Å². The Bertz CT molecular complexity index is 706. The molecule has 9 atom stereocenters. The molecule has 0 unspecified atom stereocenters. The van der Waals surface area contributed by atoms with Crippen molar-refractivity contribution in [3.8, 4) is 0 Å². The third-order valence-electron chi connectivity index (χ3n) is 11.3. The van der Waals surface area contributed by atoms with Crippen LogP contribution in [0.4, 0.5) is 0 Å². The third-order valence-corrected chi connectivity index (χ3v) is 11.3. The van der Waals surface area contributed by atoms with Crippen LogP contribution in [0.2, 0.25) is 0 Å². The first-order valence-electron chi connectivity index (χ1n) is 14.1. The van der Waals surface area contributed by atoms with E-state index >= 15 is 0 Å². The molecule has 3 saturated carbocycles. The van der Waals surface area contributed by atoms with Crippen molar-refractivity contribution in [3.05, 3.63) is 11.6 Å². The van der Waals surface area contributed by atoms with Gasteiger partial charge in [-0.1, -0.05) is 52.2 Å². The maximum Gasteiger partial charge on any atom is 0.0657 e. The molecule has 2 nitrogen and oxygen atoms in total. The highest BCUT2D eigenvalue weighted by atomic mass is 16.3. The summed E-state index contributed by atoms with van der Waals surface area (Å²) < 4.78 is 0. The molecule has 0 saturated heterocycles. The summed E-state index contributed by atoms with van der Waals surface area (Å²) in [5.41, 5.74) is 1.41. The van der Waals surface area contributed by atoms with Crippen molar-refractivity contribution in [2.24, 2.45) is 40.4 Å². The van der Waals surface area contributed by atoms with E-state index in [0.717, 1.165) is 55.8 Å². The van der Waals surface area contributed by atoms with Crippen LogP contribution in [0.1, 0.15) is 125 Å². The monoisotopic (exact) mass is 444 g/mol. The fourth-order valence-corrected chi connectivity index (χ4v) is 9.20. The molecule has 0 aliphatic heterocycles. The topological polar surface area (TPSA) is 40.5 Å². The van der Waals surface area contributed by atoms with Gasteiger partial charge in [0.05, 0.1) is 11.2 Å². The number of rotatable bonds is 7. The Kier molecular flexibility index (Phi) is 6.74. The van der Waals surface area contributed by atoms with Gasteiger partial charge in [0.15, 0.2) is 0 Å². The highest BCUT2D eigenvalue weighted by Gasteiger charge is 2.59. The van der Waals surface area contributed by atoms with Gasteiger partial charge in [-0.3, -0.25) is 0 Å². The molecular formula is C30H52O2. The minimum atomic E-state index is -0.492. The Morgan fingerprint density at radius 3 is 2.53 bits per heavy atom. The van der Waals surface area contributed by atoms with Crippen molar-refractivity contribution in [2.45, 2.75) is 136 Å². The fraction of sp³-hybridized carbons (Fsp3) is 0.933. The molecular weight excluding hydrogens is 392 g/mol. The Labute approximate surface area is 198 Å². The predicted molar refractivity (Wildman–Crippen MR) is 134 cm³/mol. The molecule has 0 bridgehead atoms. The van der Waals surface area contributed by atoms with Gasteiger partial charge in [0, 0.05) is 0 Å². The van der Waals surface area contributed by atoms with E-state index in [4.69, 9.17) is 0 Å². The fourth-order valence-electron chi connectivity index (χ4n) is 9.20. The van der Waals surface area contributed by atoms with Crippen LogP contribution in [0.5, 0.6) is 0 Å². The molecule has 2 N–H and O–H groups in total. The summed E-state index contributed by atoms with van der Waals surface area (Å²) in [5, 5.41) is 21.5. The highest BCUT2D eigenvalue weighted by molar-refractivity contribution is 5.26. The van der Waals surface area contributed by atoms with E-state index in [1.54, 1.807) is 5.57 Å². The van der Waals surface area contributed by atoms with Crippen LogP contribution in [0.25, 0.3) is 0 Å². The minimum Gasteiger partial charge on any atom is -0.390 e. The normalized spacial score (nSPS) is 46.4. The SMILES string of the molecule is CCCC[C@](C)(O)CC[C@@H](C)[C@H]1CC[C@H]2[C@@H]3CC=C4C[C@@](C)(O)CC[C@]4(C)[C@H]3CC[C@]12C. The van der Waals surface area contributed by atoms with Crippen LogP contribution < -0.4 is 0 Å². The first-order chi connectivity index (χ1) is 14.9. The molecule has 2 heteroatoms. The molecule has 4 aliphatic carbocycles. The van der Waals surface area contributed by atoms with Crippen molar-refractivity contribution < 1.29 is 10.2 Å². The summed E-state index contributed by atoms with van der Waals surface area (Å²) in [6.07, 6.45) is 17.8. The molecule has 0 amide bonds. The largest absolute Gasteiger partial charge is 0.390 e. The molecule has 4 aliphatic rings. The number of unbranched alkanes of at least 4 members (excludes halogenated alkanes) is 1. The van der Waals surface area contributed by atoms with Gasteiger partial charge < -0.3 is 10.2 Å². The van der Waals surface area contributed by atoms with Crippen LogP contribution in [-0.4, -0.2) is 21.4 Å². The van der Waals surface area contributed by atoms with E-state index in [1.165, 1.54) is 51.4 Å². The predicted octanol–water partition coefficient (Wildman–Crippen LogP) is 7.67. The summed E-state index contributed by atoms with van der Waals surface area (Å²) in [6.45, 7) is 14.0. The van der Waals surface area contributed by atoms with Crippen LogP contribution >= 0.6 is 0 Å². The number of aliphatic hydroxyl groups is 2. The van der Waals surface area contributed by atoms with Gasteiger partial charge in [0.25, 0.3) is 0 Å². The van der Waals surface area contributed by atoms with Crippen molar-refractivity contribution in [3.63, 3.8) is 0 Å². The van der Waals surface area contributed by atoms with E-state index < -0.39 is 11.2 Å². The zero-order valence-electron chi connectivity index (χ0n) is 22.1. The van der Waals surface area contributed by atoms with Crippen LogP contribution in [0.15, 0.2) is 11.6 Å². The Balaban J connectivity index is 1.45. The minimum absolute atomic E-state index is 0.328. The summed E-state index contributed by atoms with van der Waals surface area (Å²) in [6, 6.07) is 0. The van der Waals surface area contributed by atoms with E-state index in [9.17, 15) is 10.2 Å². The second kappa shape index (κ2) is 8.71. The van der Waals surface area contributed by atoms with Crippen LogP contribution in [-0.2, 0) is 0 Å². The number of allylic oxidation sites excluding steroid dienone is 1. The van der Waals surface area contributed by atoms with E-state index in [1.807, 2.05) is 6.92 Å². The van der Waals surface area contributed by atoms with Gasteiger partial charge in [-0.2, -0.15) is 0 Å². The lowest BCUT2D eigenvalue weighted by Gasteiger charge is -2.59. The first-order valence-corrected chi connectivity index (χ1v) is 14.1. The molecule has 3 fully saturated rings. The second-order valence-corrected chi connectivity index (χ2v) is 13.8. The highest BCUT2D eigenvalue weighted by Crippen LogP contribution is 2.67. The lowest BCUT2D eigenvalue weighted by molar-refractivity contribution is -0.0715. The van der Waals surface area contributed by atoms with Crippen molar-refractivity contribution in [1.82, 2.24) is 0 Å². The molecule has 0 heterocycles. The number of fused-ring (bicyclic) bond motifs is 5. The molecule has 0 aromatic rings. The van der Waals surface area contributed by atoms with Gasteiger partial charge in [-0.15, -0.1) is 0 Å². The van der Waals surface area contributed by atoms with Gasteiger partial charge in [0.2, 0.25) is 0 Å². The van der Waals surface area contributed by atoms with Crippen molar-refractivity contribution in [2.75, 3.05) is 0 Å². The first kappa shape index (κ1) is 24.8. The average Bonchev–Trinajstić information content (AvgIpc) is 3.08. The van der Waals surface area contributed by atoms with Gasteiger partial charge in [-0.05, 0) is 125 Å². The molecule has 184 valence electrons. The van der Waals surface area contributed by atoms with Gasteiger partial charge >= 0.3 is 0 Å². The maximum absolute atomic E-state index is 10.8. The number of hydrogen-bond donors (Lipinski definition) is 2. The quantitative estimate of drug-likeness (QED) is 0.395. The molecule has 0 spiro atoms. The zero-order valence-corrected chi connectivity index (χ0v) is 22.1. The average molecular weight is 445 g/mol. The van der Waals surface area contributed by atoms with Crippen molar-refractivity contribution >= 4 is 0 Å². The van der Waals surface area contributed by atoms with Crippen molar-refractivity contribution in [1.29, 1.82) is 0 Å². The smallest absolute Gasteiger partial charge is 0.0657 e. The van der Waals surface area contributed by atoms with Crippen LogP contribution in [0.3, 0.4) is 0 Å². The number of hydrogen-bond acceptors (Lipinski definition) is 2. The van der Waals surface area contributed by atoms with Crippen LogP contribution in [0, 0.1) is 40.4 Å². The molecule has 0 aromatic carbocycles. The Morgan fingerprint density at radius 2 is 1.81 bits per heavy atom. The lowest BCUT2D eigenvalue weighted by Crippen LogP contribution is -2.52. The Hall–Kier alpha value is -0.340. The van der Waals surface area contributed by atoms with Gasteiger partial charge in [0.1, 0.15) is 0 Å². The zero-order chi connectivity index (χ0) is 23.4. The van der Waals surface area contributed by atoms with E-state index in [2.05, 4.69) is 40.7 Å². The summed E-state index contributed by atoms with van der Waals surface area (Å²) in [5.74, 6) is 4.06. The standard InChI is InChI=1S/C30H52O2/c1-7-8-15-27(3,31)16-13-21(2)24-11-12-25-23-10-9-22-20-28(4,32)18-19-29(22,5)26(23)14-17-30(24,25)6/h9,21,23-26,31-32H,7-8,10-20H2,1-6H3/t21-,23+,24-,25+,26+,27+,28+,29+,30-/m1/s1. The molecule has 0 aromatic heterocycles. The van der Waals surface area contributed by atoms with E-state index in [0.29, 0.717) is 16.7 Å². The summed E-state index contributed by atoms with van der Waals surface area (Å²) >= 11 is 0. The Morgan fingerprint density at radius 1 is 1.06 bits per heavy atom. The molecule has 32 heavy (non-hydrogen) atoms. The molecule has 0 radical (unpaired) electrons. The summed E-state index contributed by atoms with van der Waals surface area (Å²) in [4.78, 5) is 0. The molecule has 4 rings (SSSR count). The second-order valence-electron chi connectivity index (χ2n) is 13.8. The lowest BCUT2D eigenvalue weighted by atomic mass is 9.46. The van der Waals surface area contributed by atoms with E-state index in [-0.39, 0.29) is 0 Å². The summed E-state index contributed by atoms with van der Waals surface area (Å²) in [7, 11) is 0. The third kappa shape index (κ3) is 4.37. The maximum atomic E-state index is 10.8.